The number of nitrogens with one attached hydrogen (secondary N) is 1. The van der Waals surface area contributed by atoms with Crippen molar-refractivity contribution >= 4 is 32.7 Å². The van der Waals surface area contributed by atoms with Gasteiger partial charge >= 0.3 is 5.69 Å². The number of anilines is 1. The van der Waals surface area contributed by atoms with Crippen LogP contribution < -0.4 is 16.0 Å². The Hall–Kier alpha value is -3.47. The Morgan fingerprint density at radius 2 is 1.88 bits per heavy atom. The van der Waals surface area contributed by atoms with Crippen LogP contribution in [-0.4, -0.2) is 46.4 Å². The average Bonchev–Trinajstić information content (AvgIpc) is 3.32. The number of rotatable bonds is 6. The highest BCUT2D eigenvalue weighted by atomic mass is 32.2. The molecule has 1 N–H and O–H groups in total. The van der Waals surface area contributed by atoms with Gasteiger partial charge in [0.2, 0.25) is 5.91 Å². The summed E-state index contributed by atoms with van der Waals surface area (Å²) in [6.07, 6.45) is 3.39. The molecule has 1 aromatic carbocycles. The van der Waals surface area contributed by atoms with E-state index in [1.807, 2.05) is 0 Å². The smallest absolute Gasteiger partial charge is 0.331 e. The van der Waals surface area contributed by atoms with Crippen molar-refractivity contribution in [2.45, 2.75) is 30.7 Å². The monoisotopic (exact) mass is 457 g/mol. The summed E-state index contributed by atoms with van der Waals surface area (Å²) < 4.78 is 30.2. The van der Waals surface area contributed by atoms with Crippen LogP contribution in [0, 0.1) is 0 Å². The third kappa shape index (κ3) is 4.15. The van der Waals surface area contributed by atoms with Crippen molar-refractivity contribution in [3.63, 3.8) is 0 Å². The molecule has 1 aliphatic rings. The van der Waals surface area contributed by atoms with E-state index >= 15 is 0 Å². The summed E-state index contributed by atoms with van der Waals surface area (Å²) in [5.41, 5.74) is -0.884. The number of fused-ring (bicyclic) bond motifs is 1. The molecule has 4 rings (SSSR count). The summed E-state index contributed by atoms with van der Waals surface area (Å²) >= 11 is 0. The van der Waals surface area contributed by atoms with Gasteiger partial charge in [0.05, 0.1) is 15.8 Å². The van der Waals surface area contributed by atoms with Gasteiger partial charge in [-0.25, -0.2) is 18.2 Å². The molecule has 0 atom stereocenters. The molecule has 0 spiro atoms. The van der Waals surface area contributed by atoms with Crippen molar-refractivity contribution in [2.24, 2.45) is 7.05 Å². The van der Waals surface area contributed by atoms with Crippen LogP contribution in [0.3, 0.4) is 0 Å². The lowest BCUT2D eigenvalue weighted by Crippen LogP contribution is -2.40. The molecule has 1 aliphatic heterocycles. The number of aryl methyl sites for hydroxylation is 1. The standard InChI is InChI=1S/C21H23N5O5S/c1-24-17-8-7-15(32(30,31)23-18-6-2-3-10-22-18)14-16(17)20(28)26(21(24)29)13-9-19(27)25-11-4-5-12-25/h2-3,6-8,10,14H,4-5,9,11-13H2,1H3,(H,22,23). The average molecular weight is 458 g/mol. The molecule has 0 radical (unpaired) electrons. The van der Waals surface area contributed by atoms with Gasteiger partial charge in [-0.15, -0.1) is 0 Å². The van der Waals surface area contributed by atoms with Crippen LogP contribution in [0.4, 0.5) is 5.82 Å². The minimum atomic E-state index is -4.00. The van der Waals surface area contributed by atoms with E-state index < -0.39 is 21.3 Å². The molecule has 0 aliphatic carbocycles. The summed E-state index contributed by atoms with van der Waals surface area (Å²) in [6.45, 7) is 1.31. The summed E-state index contributed by atoms with van der Waals surface area (Å²) in [4.78, 5) is 43.7. The topological polar surface area (TPSA) is 123 Å². The van der Waals surface area contributed by atoms with E-state index in [0.717, 1.165) is 17.4 Å². The molecule has 1 fully saturated rings. The lowest BCUT2D eigenvalue weighted by Gasteiger charge is -2.16. The first-order valence-electron chi connectivity index (χ1n) is 10.2. The molecular formula is C21H23N5O5S. The fraction of sp³-hybridized carbons (Fsp3) is 0.333. The van der Waals surface area contributed by atoms with Crippen LogP contribution in [0.2, 0.25) is 0 Å². The van der Waals surface area contributed by atoms with Gasteiger partial charge in [0.15, 0.2) is 0 Å². The largest absolute Gasteiger partial charge is 0.343 e. The molecule has 1 saturated heterocycles. The highest BCUT2D eigenvalue weighted by molar-refractivity contribution is 7.92. The second-order valence-corrected chi connectivity index (χ2v) is 9.32. The number of benzene rings is 1. The molecule has 32 heavy (non-hydrogen) atoms. The molecule has 3 aromatic rings. The first-order valence-corrected chi connectivity index (χ1v) is 11.7. The number of carbonyl (C=O) groups is 1. The molecule has 0 bridgehead atoms. The van der Waals surface area contributed by atoms with E-state index in [4.69, 9.17) is 0 Å². The van der Waals surface area contributed by atoms with Crippen LogP contribution in [0.1, 0.15) is 19.3 Å². The highest BCUT2D eigenvalue weighted by Gasteiger charge is 2.21. The predicted octanol–water partition coefficient (Wildman–Crippen LogP) is 0.909. The maximum atomic E-state index is 13.1. The fourth-order valence-electron chi connectivity index (χ4n) is 3.81. The van der Waals surface area contributed by atoms with E-state index in [1.54, 1.807) is 17.0 Å². The number of pyridine rings is 1. The number of nitrogens with zero attached hydrogens (tertiary/aromatic N) is 4. The zero-order chi connectivity index (χ0) is 22.9. The zero-order valence-electron chi connectivity index (χ0n) is 17.5. The number of likely N-dealkylation sites (tertiary alicyclic amines) is 1. The second kappa shape index (κ2) is 8.58. The Morgan fingerprint density at radius 1 is 1.12 bits per heavy atom. The van der Waals surface area contributed by atoms with E-state index in [2.05, 4.69) is 9.71 Å². The van der Waals surface area contributed by atoms with Gasteiger partial charge < -0.3 is 4.90 Å². The van der Waals surface area contributed by atoms with Crippen molar-refractivity contribution < 1.29 is 13.2 Å². The van der Waals surface area contributed by atoms with Crippen molar-refractivity contribution in [3.8, 4) is 0 Å². The van der Waals surface area contributed by atoms with Gasteiger partial charge in [-0.05, 0) is 43.2 Å². The van der Waals surface area contributed by atoms with Crippen LogP contribution >= 0.6 is 0 Å². The van der Waals surface area contributed by atoms with Crippen molar-refractivity contribution in [3.05, 3.63) is 63.4 Å². The summed E-state index contributed by atoms with van der Waals surface area (Å²) in [5.74, 6) is 0.0401. The molecule has 11 heteroatoms. The predicted molar refractivity (Wildman–Crippen MR) is 119 cm³/mol. The maximum Gasteiger partial charge on any atom is 0.331 e. The van der Waals surface area contributed by atoms with E-state index in [1.165, 1.54) is 42.1 Å². The number of aromatic nitrogens is 3. The minimum Gasteiger partial charge on any atom is -0.343 e. The maximum absolute atomic E-state index is 13.1. The van der Waals surface area contributed by atoms with Crippen molar-refractivity contribution in [1.29, 1.82) is 0 Å². The van der Waals surface area contributed by atoms with Crippen LogP contribution in [0.25, 0.3) is 10.9 Å². The summed E-state index contributed by atoms with van der Waals surface area (Å²) in [7, 11) is -2.50. The first-order chi connectivity index (χ1) is 15.3. The lowest BCUT2D eigenvalue weighted by atomic mass is 10.2. The van der Waals surface area contributed by atoms with E-state index in [0.29, 0.717) is 18.6 Å². The van der Waals surface area contributed by atoms with Gasteiger partial charge in [-0.2, -0.15) is 0 Å². The van der Waals surface area contributed by atoms with Gasteiger partial charge in [0, 0.05) is 39.3 Å². The number of hydrogen-bond donors (Lipinski definition) is 1. The van der Waals surface area contributed by atoms with E-state index in [9.17, 15) is 22.8 Å². The normalized spacial score (nSPS) is 14.1. The van der Waals surface area contributed by atoms with E-state index in [-0.39, 0.29) is 35.0 Å². The molecule has 168 valence electrons. The Labute approximate surface area is 184 Å². The Morgan fingerprint density at radius 3 is 2.56 bits per heavy atom. The van der Waals surface area contributed by atoms with Crippen molar-refractivity contribution in [1.82, 2.24) is 19.0 Å². The Kier molecular flexibility index (Phi) is 5.83. The molecular weight excluding hydrogens is 434 g/mol. The summed E-state index contributed by atoms with van der Waals surface area (Å²) in [5, 5.41) is 0.0737. The lowest BCUT2D eigenvalue weighted by molar-refractivity contribution is -0.130. The zero-order valence-corrected chi connectivity index (χ0v) is 18.3. The molecule has 1 amide bonds. The third-order valence-electron chi connectivity index (χ3n) is 5.54. The molecule has 0 saturated carbocycles. The molecule has 0 unspecified atom stereocenters. The Bertz CT molecular complexity index is 1390. The highest BCUT2D eigenvalue weighted by Crippen LogP contribution is 2.18. The number of carbonyl (C=O) groups excluding carboxylic acids is 1. The van der Waals surface area contributed by atoms with Crippen molar-refractivity contribution in [2.75, 3.05) is 17.8 Å². The third-order valence-corrected chi connectivity index (χ3v) is 6.90. The quantitative estimate of drug-likeness (QED) is 0.587. The summed E-state index contributed by atoms with van der Waals surface area (Å²) in [6, 6.07) is 8.79. The van der Waals surface area contributed by atoms with Crippen LogP contribution in [0.15, 0.2) is 57.1 Å². The minimum absolute atomic E-state index is 0.0277. The van der Waals surface area contributed by atoms with Gasteiger partial charge in [0.25, 0.3) is 15.6 Å². The first kappa shape index (κ1) is 21.8. The van der Waals surface area contributed by atoms with Gasteiger partial charge in [0.1, 0.15) is 5.82 Å². The van der Waals surface area contributed by atoms with Crippen LogP contribution in [-0.2, 0) is 28.4 Å². The molecule has 2 aromatic heterocycles. The molecule has 10 nitrogen and oxygen atoms in total. The molecule has 3 heterocycles. The Balaban J connectivity index is 1.70. The number of sulfonamides is 1. The SMILES string of the molecule is Cn1c(=O)n(CCC(=O)N2CCCC2)c(=O)c2cc(S(=O)(=O)Nc3ccccn3)ccc21. The number of amides is 1. The van der Waals surface area contributed by atoms with Gasteiger partial charge in [-0.3, -0.25) is 23.4 Å². The fourth-order valence-corrected chi connectivity index (χ4v) is 4.85. The van der Waals surface area contributed by atoms with Crippen LogP contribution in [0.5, 0.6) is 0 Å². The number of hydrogen-bond acceptors (Lipinski definition) is 6. The van der Waals surface area contributed by atoms with Gasteiger partial charge in [-0.1, -0.05) is 6.07 Å². The second-order valence-electron chi connectivity index (χ2n) is 7.64.